The molecule has 31 heavy (non-hydrogen) atoms. The van der Waals surface area contributed by atoms with Gasteiger partial charge in [0.2, 0.25) is 5.91 Å². The van der Waals surface area contributed by atoms with Crippen LogP contribution in [-0.2, 0) is 11.2 Å². The minimum atomic E-state index is -0.0568. The normalized spacial score (nSPS) is 16.4. The molecule has 0 radical (unpaired) electrons. The molecule has 1 fully saturated rings. The molecule has 1 atom stereocenters. The van der Waals surface area contributed by atoms with Crippen LogP contribution in [0.2, 0.25) is 0 Å². The molecule has 4 rings (SSSR count). The average Bonchev–Trinajstić information content (AvgIpc) is 3.19. The van der Waals surface area contributed by atoms with Gasteiger partial charge in [-0.3, -0.25) is 4.79 Å². The van der Waals surface area contributed by atoms with Crippen LogP contribution >= 0.6 is 0 Å². The number of hydrogen-bond acceptors (Lipinski definition) is 7. The van der Waals surface area contributed by atoms with E-state index in [4.69, 9.17) is 9.47 Å². The van der Waals surface area contributed by atoms with Gasteiger partial charge in [-0.25, -0.2) is 0 Å². The van der Waals surface area contributed by atoms with Crippen LogP contribution in [0.4, 0.5) is 5.82 Å². The van der Waals surface area contributed by atoms with Crippen LogP contribution < -0.4 is 19.7 Å². The van der Waals surface area contributed by atoms with Crippen molar-refractivity contribution in [2.24, 2.45) is 5.92 Å². The second kappa shape index (κ2) is 9.20. The summed E-state index contributed by atoms with van der Waals surface area (Å²) in [7, 11) is 3.24. The minimum absolute atomic E-state index is 0.0568. The molecule has 3 heterocycles. The average molecular weight is 425 g/mol. The number of rotatable bonds is 7. The fraction of sp³-hybridized carbons (Fsp3) is 0.455. The highest BCUT2D eigenvalue weighted by atomic mass is 16.5. The van der Waals surface area contributed by atoms with Crippen molar-refractivity contribution >= 4 is 17.4 Å². The van der Waals surface area contributed by atoms with Gasteiger partial charge in [-0.15, -0.1) is 15.3 Å². The third-order valence-corrected chi connectivity index (χ3v) is 5.68. The number of ether oxygens (including phenoxy) is 2. The lowest BCUT2D eigenvalue weighted by Crippen LogP contribution is -2.44. The van der Waals surface area contributed by atoms with E-state index >= 15 is 0 Å². The van der Waals surface area contributed by atoms with Crippen LogP contribution in [0.1, 0.15) is 24.2 Å². The topological polar surface area (TPSA) is 93.9 Å². The predicted molar refractivity (Wildman–Crippen MR) is 117 cm³/mol. The third-order valence-electron chi connectivity index (χ3n) is 5.68. The van der Waals surface area contributed by atoms with Gasteiger partial charge in [-0.05, 0) is 56.0 Å². The number of aromatic nitrogens is 4. The summed E-state index contributed by atoms with van der Waals surface area (Å²) >= 11 is 0. The van der Waals surface area contributed by atoms with Gasteiger partial charge in [0.25, 0.3) is 0 Å². The van der Waals surface area contributed by atoms with Gasteiger partial charge < -0.3 is 19.7 Å². The van der Waals surface area contributed by atoms with Gasteiger partial charge >= 0.3 is 0 Å². The van der Waals surface area contributed by atoms with E-state index in [0.717, 1.165) is 48.7 Å². The van der Waals surface area contributed by atoms with E-state index in [1.54, 1.807) is 18.7 Å². The van der Waals surface area contributed by atoms with E-state index in [2.05, 4.69) is 25.5 Å². The maximum absolute atomic E-state index is 12.8. The summed E-state index contributed by atoms with van der Waals surface area (Å²) in [4.78, 5) is 15.0. The molecule has 1 aliphatic rings. The van der Waals surface area contributed by atoms with Gasteiger partial charge in [-0.1, -0.05) is 6.07 Å². The third kappa shape index (κ3) is 4.55. The Morgan fingerprint density at radius 3 is 2.81 bits per heavy atom. The highest BCUT2D eigenvalue weighted by Gasteiger charge is 2.26. The van der Waals surface area contributed by atoms with Gasteiger partial charge in [0.15, 0.2) is 23.0 Å². The molecule has 0 unspecified atom stereocenters. The Bertz CT molecular complexity index is 1070. The SMILES string of the molecule is COc1ccc(CCNC(=O)[C@@H]2CCCN(c3ccc4nnc(C)n4n3)C2)cc1OC. The number of methoxy groups -OCH3 is 2. The van der Waals surface area contributed by atoms with Crippen molar-refractivity contribution in [3.8, 4) is 11.5 Å². The van der Waals surface area contributed by atoms with Crippen LogP contribution in [0.3, 0.4) is 0 Å². The van der Waals surface area contributed by atoms with Crippen molar-refractivity contribution in [2.75, 3.05) is 38.8 Å². The van der Waals surface area contributed by atoms with Gasteiger partial charge in [0.05, 0.1) is 20.1 Å². The first kappa shape index (κ1) is 20.9. The molecule has 1 aliphatic heterocycles. The van der Waals surface area contributed by atoms with Crippen molar-refractivity contribution in [1.82, 2.24) is 25.1 Å². The molecule has 1 aromatic carbocycles. The van der Waals surface area contributed by atoms with Crippen molar-refractivity contribution in [3.63, 3.8) is 0 Å². The number of benzene rings is 1. The summed E-state index contributed by atoms with van der Waals surface area (Å²) in [6.07, 6.45) is 2.56. The van der Waals surface area contributed by atoms with Crippen LogP contribution in [0, 0.1) is 12.8 Å². The molecule has 0 aliphatic carbocycles. The molecular formula is C22H28N6O3. The zero-order valence-electron chi connectivity index (χ0n) is 18.2. The lowest BCUT2D eigenvalue weighted by atomic mass is 9.97. The van der Waals surface area contributed by atoms with Crippen LogP contribution in [-0.4, -0.2) is 59.6 Å². The number of aryl methyl sites for hydroxylation is 1. The van der Waals surface area contributed by atoms with Crippen molar-refractivity contribution in [1.29, 1.82) is 0 Å². The number of carbonyl (C=O) groups excluding carboxylic acids is 1. The number of piperidine rings is 1. The van der Waals surface area contributed by atoms with Crippen LogP contribution in [0.25, 0.3) is 5.65 Å². The van der Waals surface area contributed by atoms with Gasteiger partial charge in [0.1, 0.15) is 5.82 Å². The van der Waals surface area contributed by atoms with Crippen molar-refractivity contribution in [2.45, 2.75) is 26.2 Å². The number of hydrogen-bond donors (Lipinski definition) is 1. The van der Waals surface area contributed by atoms with E-state index in [9.17, 15) is 4.79 Å². The number of nitrogens with one attached hydrogen (secondary N) is 1. The molecule has 1 saturated heterocycles. The van der Waals surface area contributed by atoms with E-state index in [0.29, 0.717) is 24.6 Å². The summed E-state index contributed by atoms with van der Waals surface area (Å²) in [5.74, 6) is 3.02. The lowest BCUT2D eigenvalue weighted by molar-refractivity contribution is -0.125. The summed E-state index contributed by atoms with van der Waals surface area (Å²) in [5.41, 5.74) is 1.81. The van der Waals surface area contributed by atoms with E-state index in [1.165, 1.54) is 0 Å². The molecule has 1 N–H and O–H groups in total. The summed E-state index contributed by atoms with van der Waals surface area (Å²) in [5, 5.41) is 15.9. The standard InChI is InChI=1S/C22H28N6O3/c1-15-24-25-20-8-9-21(26-28(15)20)27-12-4-5-17(14-27)22(29)23-11-10-16-6-7-18(30-2)19(13-16)31-3/h6-9,13,17H,4-5,10-12,14H2,1-3H3,(H,23,29)/t17-/m1/s1. The Kier molecular flexibility index (Phi) is 6.20. The molecule has 164 valence electrons. The van der Waals surface area contributed by atoms with Crippen molar-refractivity contribution < 1.29 is 14.3 Å². The minimum Gasteiger partial charge on any atom is -0.493 e. The second-order valence-corrected chi connectivity index (χ2v) is 7.72. The summed E-state index contributed by atoms with van der Waals surface area (Å²) < 4.78 is 12.4. The molecule has 0 bridgehead atoms. The van der Waals surface area contributed by atoms with Gasteiger partial charge in [0, 0.05) is 19.6 Å². The second-order valence-electron chi connectivity index (χ2n) is 7.72. The number of anilines is 1. The molecule has 1 amide bonds. The number of fused-ring (bicyclic) bond motifs is 1. The molecule has 9 nitrogen and oxygen atoms in total. The zero-order valence-corrected chi connectivity index (χ0v) is 18.2. The van der Waals surface area contributed by atoms with Crippen LogP contribution in [0.5, 0.6) is 11.5 Å². The highest BCUT2D eigenvalue weighted by molar-refractivity contribution is 5.79. The smallest absolute Gasteiger partial charge is 0.224 e. The maximum atomic E-state index is 12.8. The molecule has 0 spiro atoms. The Labute approximate surface area is 181 Å². The molecule has 2 aromatic heterocycles. The predicted octanol–water partition coefficient (Wildman–Crippen LogP) is 2.03. The fourth-order valence-electron chi connectivity index (χ4n) is 3.96. The number of carbonyl (C=O) groups is 1. The number of amides is 1. The first-order valence-corrected chi connectivity index (χ1v) is 10.5. The number of nitrogens with zero attached hydrogens (tertiary/aromatic N) is 5. The molecule has 3 aromatic rings. The first-order valence-electron chi connectivity index (χ1n) is 10.5. The van der Waals surface area contributed by atoms with Crippen molar-refractivity contribution in [3.05, 3.63) is 41.7 Å². The monoisotopic (exact) mass is 424 g/mol. The highest BCUT2D eigenvalue weighted by Crippen LogP contribution is 2.27. The van der Waals surface area contributed by atoms with E-state index < -0.39 is 0 Å². The fourth-order valence-corrected chi connectivity index (χ4v) is 3.96. The van der Waals surface area contributed by atoms with E-state index in [-0.39, 0.29) is 11.8 Å². The molecule has 0 saturated carbocycles. The quantitative estimate of drug-likeness (QED) is 0.620. The van der Waals surface area contributed by atoms with Crippen LogP contribution in [0.15, 0.2) is 30.3 Å². The zero-order chi connectivity index (χ0) is 21.8. The first-order chi connectivity index (χ1) is 15.1. The lowest BCUT2D eigenvalue weighted by Gasteiger charge is -2.32. The summed E-state index contributed by atoms with van der Waals surface area (Å²) in [6, 6.07) is 9.68. The summed E-state index contributed by atoms with van der Waals surface area (Å²) in [6.45, 7) is 3.99. The Morgan fingerprint density at radius 1 is 1.16 bits per heavy atom. The molecule has 9 heteroatoms. The Hall–Kier alpha value is -3.36. The van der Waals surface area contributed by atoms with Gasteiger partial charge in [-0.2, -0.15) is 4.52 Å². The largest absolute Gasteiger partial charge is 0.493 e. The Morgan fingerprint density at radius 2 is 2.00 bits per heavy atom. The van der Waals surface area contributed by atoms with E-state index in [1.807, 2.05) is 37.3 Å². The molecular weight excluding hydrogens is 396 g/mol. The Balaban J connectivity index is 1.34. The maximum Gasteiger partial charge on any atom is 0.224 e.